The fourth-order valence-corrected chi connectivity index (χ4v) is 5.38. The third-order valence-electron chi connectivity index (χ3n) is 5.25. The second kappa shape index (κ2) is 10.9. The second-order valence-electron chi connectivity index (χ2n) is 7.59. The molecule has 0 unspecified atom stereocenters. The van der Waals surface area contributed by atoms with Crippen LogP contribution in [0.2, 0.25) is 5.02 Å². The highest BCUT2D eigenvalue weighted by Crippen LogP contribution is 2.28. The standard InChI is InChI=1S/C23H25ClN2O6S/c1-2-22(28)25-18-9-6-16(7-10-18)20(27)15-32-23(29)17-8-11-19(24)21(14-17)33(30,31)26-12-4-3-5-13-26/h6-11,14H,2-5,12-13,15H2,1H3,(H,25,28). The summed E-state index contributed by atoms with van der Waals surface area (Å²) in [5.41, 5.74) is 0.848. The molecule has 1 fully saturated rings. The van der Waals surface area contributed by atoms with Crippen LogP contribution < -0.4 is 5.32 Å². The number of ketones is 1. The van der Waals surface area contributed by atoms with Crippen molar-refractivity contribution in [3.05, 3.63) is 58.6 Å². The Kier molecular flexibility index (Phi) is 8.23. The van der Waals surface area contributed by atoms with Crippen LogP contribution in [0.3, 0.4) is 0 Å². The Labute approximate surface area is 197 Å². The summed E-state index contributed by atoms with van der Waals surface area (Å²) in [7, 11) is -3.84. The number of halogens is 1. The minimum atomic E-state index is -3.84. The van der Waals surface area contributed by atoms with Crippen molar-refractivity contribution in [2.45, 2.75) is 37.5 Å². The predicted octanol–water partition coefficient (Wildman–Crippen LogP) is 3.90. The van der Waals surface area contributed by atoms with E-state index < -0.39 is 28.4 Å². The Morgan fingerprint density at radius 2 is 1.64 bits per heavy atom. The van der Waals surface area contributed by atoms with Gasteiger partial charge in [-0.1, -0.05) is 24.9 Å². The van der Waals surface area contributed by atoms with Crippen LogP contribution >= 0.6 is 11.6 Å². The molecule has 1 heterocycles. The van der Waals surface area contributed by atoms with Crippen LogP contribution in [0.5, 0.6) is 0 Å². The van der Waals surface area contributed by atoms with Crippen molar-refractivity contribution < 1.29 is 27.5 Å². The van der Waals surface area contributed by atoms with Crippen molar-refractivity contribution in [2.75, 3.05) is 25.0 Å². The maximum Gasteiger partial charge on any atom is 0.338 e. The molecule has 8 nitrogen and oxygen atoms in total. The van der Waals surface area contributed by atoms with Crippen LogP contribution in [0.4, 0.5) is 5.69 Å². The highest BCUT2D eigenvalue weighted by Gasteiger charge is 2.29. The van der Waals surface area contributed by atoms with Crippen molar-refractivity contribution >= 4 is 45.0 Å². The highest BCUT2D eigenvalue weighted by molar-refractivity contribution is 7.89. The van der Waals surface area contributed by atoms with Crippen molar-refractivity contribution in [1.82, 2.24) is 4.31 Å². The SMILES string of the molecule is CCC(=O)Nc1ccc(C(=O)COC(=O)c2ccc(Cl)c(S(=O)(=O)N3CCCCC3)c2)cc1. The molecule has 0 aromatic heterocycles. The van der Waals surface area contributed by atoms with Crippen molar-refractivity contribution in [1.29, 1.82) is 0 Å². The van der Waals surface area contributed by atoms with Gasteiger partial charge in [-0.3, -0.25) is 9.59 Å². The Balaban J connectivity index is 1.66. The summed E-state index contributed by atoms with van der Waals surface area (Å²) < 4.78 is 32.4. The maximum absolute atomic E-state index is 13.0. The summed E-state index contributed by atoms with van der Waals surface area (Å²) in [5, 5.41) is 2.69. The van der Waals surface area contributed by atoms with Gasteiger partial charge in [0.1, 0.15) is 4.90 Å². The molecule has 0 aliphatic carbocycles. The molecular formula is C23H25ClN2O6S. The molecule has 0 saturated carbocycles. The van der Waals surface area contributed by atoms with Crippen molar-refractivity contribution in [3.63, 3.8) is 0 Å². The first kappa shape index (κ1) is 24.9. The van der Waals surface area contributed by atoms with Crippen LogP contribution in [0.1, 0.15) is 53.3 Å². The number of piperidine rings is 1. The van der Waals surface area contributed by atoms with Gasteiger partial charge in [-0.15, -0.1) is 0 Å². The lowest BCUT2D eigenvalue weighted by Crippen LogP contribution is -2.35. The zero-order valence-electron chi connectivity index (χ0n) is 18.2. The van der Waals surface area contributed by atoms with Crippen LogP contribution in [0, 0.1) is 0 Å². The quantitative estimate of drug-likeness (QED) is 0.442. The van der Waals surface area contributed by atoms with E-state index in [1.807, 2.05) is 0 Å². The molecule has 176 valence electrons. The maximum atomic E-state index is 13.0. The average molecular weight is 493 g/mol. The molecule has 0 atom stereocenters. The summed E-state index contributed by atoms with van der Waals surface area (Å²) in [4.78, 5) is 36.1. The number of anilines is 1. The predicted molar refractivity (Wildman–Crippen MR) is 124 cm³/mol. The topological polar surface area (TPSA) is 110 Å². The fraction of sp³-hybridized carbons (Fsp3) is 0.348. The molecule has 2 aromatic carbocycles. The Morgan fingerprint density at radius 1 is 1.00 bits per heavy atom. The molecule has 0 radical (unpaired) electrons. The van der Waals surface area contributed by atoms with Gasteiger partial charge in [0.25, 0.3) is 0 Å². The number of carbonyl (C=O) groups excluding carboxylic acids is 3. The summed E-state index contributed by atoms with van der Waals surface area (Å²) in [6.07, 6.45) is 2.85. The zero-order valence-corrected chi connectivity index (χ0v) is 19.7. The Bertz CT molecular complexity index is 1140. The Hall–Kier alpha value is -2.75. The van der Waals surface area contributed by atoms with Gasteiger partial charge < -0.3 is 10.1 Å². The largest absolute Gasteiger partial charge is 0.454 e. The van der Waals surface area contributed by atoms with Gasteiger partial charge in [0.2, 0.25) is 15.9 Å². The van der Waals surface area contributed by atoms with E-state index in [9.17, 15) is 22.8 Å². The minimum absolute atomic E-state index is 0.0135. The van der Waals surface area contributed by atoms with Crippen molar-refractivity contribution in [2.24, 2.45) is 0 Å². The van der Waals surface area contributed by atoms with Gasteiger partial charge in [0, 0.05) is 30.8 Å². The van der Waals surface area contributed by atoms with E-state index in [-0.39, 0.29) is 21.4 Å². The monoisotopic (exact) mass is 492 g/mol. The highest BCUT2D eigenvalue weighted by atomic mass is 35.5. The van der Waals surface area contributed by atoms with Crippen LogP contribution in [0.15, 0.2) is 47.4 Å². The number of Topliss-reactive ketones (excluding diaryl/α,β-unsaturated/α-hetero) is 1. The molecule has 3 rings (SSSR count). The Morgan fingerprint density at radius 3 is 2.27 bits per heavy atom. The number of nitrogens with one attached hydrogen (secondary N) is 1. The lowest BCUT2D eigenvalue weighted by molar-refractivity contribution is -0.115. The molecule has 1 saturated heterocycles. The van der Waals surface area contributed by atoms with E-state index in [0.717, 1.165) is 19.3 Å². The van der Waals surface area contributed by atoms with E-state index in [1.54, 1.807) is 19.1 Å². The van der Waals surface area contributed by atoms with E-state index in [1.165, 1.54) is 34.6 Å². The van der Waals surface area contributed by atoms with Crippen LogP contribution in [-0.4, -0.2) is 50.1 Å². The molecule has 33 heavy (non-hydrogen) atoms. The van der Waals surface area contributed by atoms with Gasteiger partial charge in [-0.05, 0) is 55.3 Å². The number of hydrogen-bond acceptors (Lipinski definition) is 6. The molecule has 10 heteroatoms. The lowest BCUT2D eigenvalue weighted by atomic mass is 10.1. The number of sulfonamides is 1. The van der Waals surface area contributed by atoms with E-state index >= 15 is 0 Å². The smallest absolute Gasteiger partial charge is 0.338 e. The summed E-state index contributed by atoms with van der Waals surface area (Å²) >= 11 is 6.13. The third kappa shape index (κ3) is 6.19. The van der Waals surface area contributed by atoms with Gasteiger partial charge in [0.15, 0.2) is 12.4 Å². The molecule has 1 aliphatic rings. The normalized spacial score (nSPS) is 14.5. The number of esters is 1. The molecule has 1 amide bonds. The molecule has 1 aliphatic heterocycles. The van der Waals surface area contributed by atoms with Gasteiger partial charge in [-0.2, -0.15) is 4.31 Å². The summed E-state index contributed by atoms with van der Waals surface area (Å²) in [6, 6.07) is 10.1. The fourth-order valence-electron chi connectivity index (χ4n) is 3.36. The van der Waals surface area contributed by atoms with Gasteiger partial charge >= 0.3 is 5.97 Å². The number of amides is 1. The zero-order chi connectivity index (χ0) is 24.0. The molecule has 0 spiro atoms. The molecule has 1 N–H and O–H groups in total. The summed E-state index contributed by atoms with van der Waals surface area (Å²) in [5.74, 6) is -1.42. The number of hydrogen-bond donors (Lipinski definition) is 1. The molecule has 2 aromatic rings. The first-order chi connectivity index (χ1) is 15.7. The molecule has 0 bridgehead atoms. The molecular weight excluding hydrogens is 468 g/mol. The van der Waals surface area contributed by atoms with Crippen molar-refractivity contribution in [3.8, 4) is 0 Å². The number of carbonyl (C=O) groups is 3. The minimum Gasteiger partial charge on any atom is -0.454 e. The van der Waals surface area contributed by atoms with E-state index in [2.05, 4.69) is 5.32 Å². The number of nitrogens with zero attached hydrogens (tertiary/aromatic N) is 1. The van der Waals surface area contributed by atoms with E-state index in [0.29, 0.717) is 30.8 Å². The van der Waals surface area contributed by atoms with Crippen LogP contribution in [0.25, 0.3) is 0 Å². The van der Waals surface area contributed by atoms with Gasteiger partial charge in [-0.25, -0.2) is 13.2 Å². The third-order valence-corrected chi connectivity index (χ3v) is 7.63. The number of benzene rings is 2. The average Bonchev–Trinajstić information content (AvgIpc) is 2.83. The summed E-state index contributed by atoms with van der Waals surface area (Å²) in [6.45, 7) is 2.02. The van der Waals surface area contributed by atoms with Gasteiger partial charge in [0.05, 0.1) is 10.6 Å². The number of ether oxygens (including phenoxy) is 1. The number of rotatable bonds is 8. The first-order valence-corrected chi connectivity index (χ1v) is 12.4. The lowest BCUT2D eigenvalue weighted by Gasteiger charge is -2.26. The van der Waals surface area contributed by atoms with E-state index in [4.69, 9.17) is 16.3 Å². The second-order valence-corrected chi connectivity index (χ2v) is 9.90. The first-order valence-electron chi connectivity index (χ1n) is 10.6. The van der Waals surface area contributed by atoms with Crippen LogP contribution in [-0.2, 0) is 19.6 Å².